The first kappa shape index (κ1) is 13.3. The lowest BCUT2D eigenvalue weighted by Gasteiger charge is -2.39. The third-order valence-corrected chi connectivity index (χ3v) is 4.32. The van der Waals surface area contributed by atoms with Crippen LogP contribution in [0.3, 0.4) is 0 Å². The third-order valence-electron chi connectivity index (χ3n) is 4.32. The van der Waals surface area contributed by atoms with E-state index in [1.165, 1.54) is 32.1 Å². The van der Waals surface area contributed by atoms with Crippen molar-refractivity contribution in [2.24, 2.45) is 0 Å². The Morgan fingerprint density at radius 2 is 2.18 bits per heavy atom. The predicted octanol–water partition coefficient (Wildman–Crippen LogP) is 2.23. The van der Waals surface area contributed by atoms with Gasteiger partial charge in [-0.15, -0.1) is 0 Å². The molecule has 1 heterocycles. The minimum Gasteiger partial charge on any atom is -0.396 e. The molecule has 0 aromatic rings. The van der Waals surface area contributed by atoms with Crippen molar-refractivity contribution in [3.63, 3.8) is 0 Å². The second-order valence-corrected chi connectivity index (χ2v) is 5.86. The smallest absolute Gasteiger partial charge is 0.0697 e. The van der Waals surface area contributed by atoms with Crippen molar-refractivity contribution in [2.45, 2.75) is 76.0 Å². The molecule has 1 spiro atoms. The lowest BCUT2D eigenvalue weighted by atomic mass is 9.88. The van der Waals surface area contributed by atoms with Gasteiger partial charge in [0, 0.05) is 25.3 Å². The van der Waals surface area contributed by atoms with Gasteiger partial charge in [0.25, 0.3) is 0 Å². The van der Waals surface area contributed by atoms with Crippen molar-refractivity contribution in [3.05, 3.63) is 0 Å². The van der Waals surface area contributed by atoms with Crippen LogP contribution < -0.4 is 5.32 Å². The molecule has 0 aromatic heterocycles. The number of hydrogen-bond donors (Lipinski definition) is 2. The van der Waals surface area contributed by atoms with E-state index in [0.29, 0.717) is 18.7 Å². The van der Waals surface area contributed by atoms with E-state index in [1.54, 1.807) is 0 Å². The first-order valence-electron chi connectivity index (χ1n) is 7.25. The molecule has 1 saturated carbocycles. The summed E-state index contributed by atoms with van der Waals surface area (Å²) in [4.78, 5) is 0. The fourth-order valence-corrected chi connectivity index (χ4v) is 3.42. The molecule has 1 aliphatic heterocycles. The van der Waals surface area contributed by atoms with Crippen LogP contribution in [0.1, 0.15) is 58.3 Å². The molecule has 0 aromatic carbocycles. The summed E-state index contributed by atoms with van der Waals surface area (Å²) in [5.41, 5.74) is 0.215. The number of aliphatic hydroxyl groups is 1. The summed E-state index contributed by atoms with van der Waals surface area (Å²) in [6.45, 7) is 3.46. The predicted molar refractivity (Wildman–Crippen MR) is 69.1 cm³/mol. The Morgan fingerprint density at radius 1 is 1.41 bits per heavy atom. The van der Waals surface area contributed by atoms with Crippen LogP contribution in [0.25, 0.3) is 0 Å². The monoisotopic (exact) mass is 241 g/mol. The minimum absolute atomic E-state index is 0.215. The summed E-state index contributed by atoms with van der Waals surface area (Å²) < 4.78 is 6.04. The van der Waals surface area contributed by atoms with Gasteiger partial charge in [0.2, 0.25) is 0 Å². The number of hydrogen-bond acceptors (Lipinski definition) is 3. The Balaban J connectivity index is 1.77. The van der Waals surface area contributed by atoms with Crippen molar-refractivity contribution < 1.29 is 9.84 Å². The summed E-state index contributed by atoms with van der Waals surface area (Å²) in [5.74, 6) is 0. The quantitative estimate of drug-likeness (QED) is 0.775. The van der Waals surface area contributed by atoms with Crippen LogP contribution >= 0.6 is 0 Å². The van der Waals surface area contributed by atoms with Gasteiger partial charge in [-0.1, -0.05) is 12.8 Å². The molecule has 17 heavy (non-hydrogen) atoms. The maximum atomic E-state index is 8.84. The van der Waals surface area contributed by atoms with Crippen LogP contribution in [-0.4, -0.2) is 36.0 Å². The zero-order valence-electron chi connectivity index (χ0n) is 11.1. The van der Waals surface area contributed by atoms with Crippen molar-refractivity contribution in [1.29, 1.82) is 0 Å². The zero-order chi connectivity index (χ0) is 12.1. The SMILES string of the molecule is CC(CCCO)NC1CCOC2(CCCC2)C1. The molecule has 0 amide bonds. The van der Waals surface area contributed by atoms with Gasteiger partial charge >= 0.3 is 0 Å². The van der Waals surface area contributed by atoms with Crippen LogP contribution in [0.4, 0.5) is 0 Å². The van der Waals surface area contributed by atoms with Crippen LogP contribution in [0, 0.1) is 0 Å². The summed E-state index contributed by atoms with van der Waals surface area (Å²) in [6, 6.07) is 1.14. The van der Waals surface area contributed by atoms with Gasteiger partial charge in [-0.05, 0) is 45.4 Å². The fourth-order valence-electron chi connectivity index (χ4n) is 3.42. The highest BCUT2D eigenvalue weighted by Crippen LogP contribution is 2.40. The Bertz CT molecular complexity index is 226. The highest BCUT2D eigenvalue weighted by atomic mass is 16.5. The zero-order valence-corrected chi connectivity index (χ0v) is 11.1. The Kier molecular flexibility index (Phi) is 4.83. The standard InChI is InChI=1S/C14H27NO2/c1-12(5-4-9-16)15-13-6-10-17-14(11-13)7-2-3-8-14/h12-13,15-16H,2-11H2,1H3. The van der Waals surface area contributed by atoms with Crippen molar-refractivity contribution >= 4 is 0 Å². The maximum absolute atomic E-state index is 8.84. The van der Waals surface area contributed by atoms with E-state index >= 15 is 0 Å². The lowest BCUT2D eigenvalue weighted by Crippen LogP contribution is -2.48. The van der Waals surface area contributed by atoms with Crippen molar-refractivity contribution in [3.8, 4) is 0 Å². The molecule has 2 atom stereocenters. The maximum Gasteiger partial charge on any atom is 0.0697 e. The van der Waals surface area contributed by atoms with Gasteiger partial charge in [-0.2, -0.15) is 0 Å². The molecule has 0 bridgehead atoms. The molecule has 0 radical (unpaired) electrons. The molecule has 2 N–H and O–H groups in total. The van der Waals surface area contributed by atoms with Gasteiger partial charge in [0.05, 0.1) is 5.60 Å². The molecule has 1 aliphatic carbocycles. The van der Waals surface area contributed by atoms with Crippen LogP contribution in [0.15, 0.2) is 0 Å². The molecule has 2 fully saturated rings. The van der Waals surface area contributed by atoms with E-state index in [-0.39, 0.29) is 5.60 Å². The molecule has 1 saturated heterocycles. The molecule has 100 valence electrons. The molecular weight excluding hydrogens is 214 g/mol. The minimum atomic E-state index is 0.215. The summed E-state index contributed by atoms with van der Waals surface area (Å²) in [5, 5.41) is 12.6. The van der Waals surface area contributed by atoms with Crippen LogP contribution in [-0.2, 0) is 4.74 Å². The van der Waals surface area contributed by atoms with Crippen LogP contribution in [0.5, 0.6) is 0 Å². The Labute approximate surface area is 105 Å². The lowest BCUT2D eigenvalue weighted by molar-refractivity contribution is -0.0846. The molecule has 2 aliphatic rings. The average molecular weight is 241 g/mol. The summed E-state index contributed by atoms with van der Waals surface area (Å²) in [6.07, 6.45) is 9.51. The van der Waals surface area contributed by atoms with Crippen molar-refractivity contribution in [2.75, 3.05) is 13.2 Å². The summed E-state index contributed by atoms with van der Waals surface area (Å²) >= 11 is 0. The molecule has 3 heteroatoms. The van der Waals surface area contributed by atoms with E-state index in [9.17, 15) is 0 Å². The van der Waals surface area contributed by atoms with Gasteiger partial charge in [0.1, 0.15) is 0 Å². The van der Waals surface area contributed by atoms with E-state index in [0.717, 1.165) is 25.9 Å². The van der Waals surface area contributed by atoms with E-state index in [1.807, 2.05) is 0 Å². The number of rotatable bonds is 5. The highest BCUT2D eigenvalue weighted by Gasteiger charge is 2.39. The normalized spacial score (nSPS) is 29.6. The number of aliphatic hydroxyl groups excluding tert-OH is 1. The number of ether oxygens (including phenoxy) is 1. The van der Waals surface area contributed by atoms with Gasteiger partial charge in [0.15, 0.2) is 0 Å². The van der Waals surface area contributed by atoms with Crippen molar-refractivity contribution in [1.82, 2.24) is 5.32 Å². The van der Waals surface area contributed by atoms with Gasteiger partial charge in [-0.25, -0.2) is 0 Å². The third kappa shape index (κ3) is 3.67. The summed E-state index contributed by atoms with van der Waals surface area (Å²) in [7, 11) is 0. The first-order chi connectivity index (χ1) is 8.24. The molecule has 2 rings (SSSR count). The molecular formula is C14H27NO2. The van der Waals surface area contributed by atoms with Gasteiger partial charge < -0.3 is 15.2 Å². The topological polar surface area (TPSA) is 41.5 Å². The highest BCUT2D eigenvalue weighted by molar-refractivity contribution is 4.93. The van der Waals surface area contributed by atoms with E-state index in [4.69, 9.17) is 9.84 Å². The average Bonchev–Trinajstić information content (AvgIpc) is 2.74. The van der Waals surface area contributed by atoms with E-state index in [2.05, 4.69) is 12.2 Å². The fraction of sp³-hybridized carbons (Fsp3) is 1.00. The van der Waals surface area contributed by atoms with E-state index < -0.39 is 0 Å². The molecule has 2 unspecified atom stereocenters. The Morgan fingerprint density at radius 3 is 2.88 bits per heavy atom. The first-order valence-corrected chi connectivity index (χ1v) is 7.25. The second-order valence-electron chi connectivity index (χ2n) is 5.86. The molecule has 3 nitrogen and oxygen atoms in total. The van der Waals surface area contributed by atoms with Crippen LogP contribution in [0.2, 0.25) is 0 Å². The number of nitrogens with one attached hydrogen (secondary N) is 1. The second kappa shape index (κ2) is 6.17. The largest absolute Gasteiger partial charge is 0.396 e. The Hall–Kier alpha value is -0.120. The van der Waals surface area contributed by atoms with Gasteiger partial charge in [-0.3, -0.25) is 0 Å².